The van der Waals surface area contributed by atoms with E-state index >= 15 is 0 Å². The molecule has 0 saturated carbocycles. The van der Waals surface area contributed by atoms with Crippen LogP contribution >= 0.6 is 0 Å². The molecular formula is C8H14N2O. The van der Waals surface area contributed by atoms with Crippen LogP contribution in [0.5, 0.6) is 0 Å². The van der Waals surface area contributed by atoms with Gasteiger partial charge < -0.3 is 5.11 Å². The predicted molar refractivity (Wildman–Crippen MR) is 43.2 cm³/mol. The number of hydrogen-bond acceptors (Lipinski definition) is 2. The van der Waals surface area contributed by atoms with E-state index in [1.165, 1.54) is 0 Å². The van der Waals surface area contributed by atoms with Crippen LogP contribution in [0.4, 0.5) is 0 Å². The zero-order chi connectivity index (χ0) is 8.27. The molecule has 0 aliphatic rings. The minimum Gasteiger partial charge on any atom is -0.392 e. The van der Waals surface area contributed by atoms with Crippen LogP contribution in [0.1, 0.15) is 25.1 Å². The molecule has 0 aliphatic carbocycles. The van der Waals surface area contributed by atoms with Gasteiger partial charge in [0.1, 0.15) is 0 Å². The highest BCUT2D eigenvalue weighted by molar-refractivity contribution is 5.15. The number of aliphatic hydroxyl groups excluding tert-OH is 1. The van der Waals surface area contributed by atoms with Crippen molar-refractivity contribution in [2.45, 2.75) is 33.4 Å². The number of rotatable bonds is 3. The van der Waals surface area contributed by atoms with Crippen LogP contribution in [0.15, 0.2) is 6.20 Å². The Hall–Kier alpha value is -0.830. The summed E-state index contributed by atoms with van der Waals surface area (Å²) in [5.74, 6) is 0. The molecule has 1 heterocycles. The summed E-state index contributed by atoms with van der Waals surface area (Å²) in [6, 6.07) is 0. The molecule has 0 saturated heterocycles. The first-order valence-electron chi connectivity index (χ1n) is 3.97. The van der Waals surface area contributed by atoms with Gasteiger partial charge in [0.15, 0.2) is 0 Å². The molecule has 3 heteroatoms. The summed E-state index contributed by atoms with van der Waals surface area (Å²) in [5.41, 5.74) is 1.96. The molecule has 62 valence electrons. The summed E-state index contributed by atoms with van der Waals surface area (Å²) in [7, 11) is 0. The summed E-state index contributed by atoms with van der Waals surface area (Å²) in [6.45, 7) is 5.05. The van der Waals surface area contributed by atoms with Crippen molar-refractivity contribution < 1.29 is 5.11 Å². The topological polar surface area (TPSA) is 38.0 Å². The first-order valence-corrected chi connectivity index (χ1v) is 3.97. The van der Waals surface area contributed by atoms with Crippen LogP contribution in [0, 0.1) is 0 Å². The Balaban J connectivity index is 2.92. The molecule has 1 aromatic heterocycles. The average molecular weight is 154 g/mol. The number of aryl methyl sites for hydroxylation is 2. The van der Waals surface area contributed by atoms with E-state index in [4.69, 9.17) is 5.11 Å². The molecule has 3 nitrogen and oxygen atoms in total. The van der Waals surface area contributed by atoms with Crippen LogP contribution in [0.3, 0.4) is 0 Å². The Labute approximate surface area is 66.7 Å². The van der Waals surface area contributed by atoms with Gasteiger partial charge in [-0.05, 0) is 13.3 Å². The normalized spacial score (nSPS) is 10.5. The fourth-order valence-electron chi connectivity index (χ4n) is 1.09. The maximum atomic E-state index is 8.91. The van der Waals surface area contributed by atoms with Gasteiger partial charge in [0, 0.05) is 18.3 Å². The van der Waals surface area contributed by atoms with Gasteiger partial charge in [-0.3, -0.25) is 4.68 Å². The zero-order valence-electron chi connectivity index (χ0n) is 7.04. The highest BCUT2D eigenvalue weighted by Gasteiger charge is 2.03. The van der Waals surface area contributed by atoms with E-state index < -0.39 is 0 Å². The van der Waals surface area contributed by atoms with Crippen molar-refractivity contribution in [3.05, 3.63) is 17.5 Å². The van der Waals surface area contributed by atoms with Crippen molar-refractivity contribution >= 4 is 0 Å². The summed E-state index contributed by atoms with van der Waals surface area (Å²) < 4.78 is 1.85. The largest absolute Gasteiger partial charge is 0.392 e. The standard InChI is InChI=1S/C8H14N2O/c1-3-8-7(6-11)5-10(4-2)9-8/h5,11H,3-4,6H2,1-2H3. The van der Waals surface area contributed by atoms with Crippen LogP contribution in [0.25, 0.3) is 0 Å². The highest BCUT2D eigenvalue weighted by atomic mass is 16.3. The molecule has 1 N–H and O–H groups in total. The van der Waals surface area contributed by atoms with E-state index in [1.54, 1.807) is 0 Å². The molecule has 11 heavy (non-hydrogen) atoms. The van der Waals surface area contributed by atoms with Gasteiger partial charge in [-0.2, -0.15) is 5.10 Å². The van der Waals surface area contributed by atoms with E-state index in [2.05, 4.69) is 5.10 Å². The second-order valence-electron chi connectivity index (χ2n) is 2.47. The lowest BCUT2D eigenvalue weighted by Crippen LogP contribution is -1.94. The van der Waals surface area contributed by atoms with Gasteiger partial charge in [0.2, 0.25) is 0 Å². The van der Waals surface area contributed by atoms with E-state index in [0.29, 0.717) is 0 Å². The molecular weight excluding hydrogens is 140 g/mol. The van der Waals surface area contributed by atoms with Gasteiger partial charge in [-0.25, -0.2) is 0 Å². The quantitative estimate of drug-likeness (QED) is 0.704. The molecule has 0 amide bonds. The molecule has 0 atom stereocenters. The second kappa shape index (κ2) is 3.53. The van der Waals surface area contributed by atoms with Gasteiger partial charge in [-0.1, -0.05) is 6.92 Å². The van der Waals surface area contributed by atoms with Crippen molar-refractivity contribution in [3.63, 3.8) is 0 Å². The Morgan fingerprint density at radius 2 is 2.27 bits per heavy atom. The van der Waals surface area contributed by atoms with Crippen molar-refractivity contribution in [2.75, 3.05) is 0 Å². The second-order valence-corrected chi connectivity index (χ2v) is 2.47. The van der Waals surface area contributed by atoms with Gasteiger partial charge in [0.25, 0.3) is 0 Å². The minimum atomic E-state index is 0.100. The number of aliphatic hydroxyl groups is 1. The van der Waals surface area contributed by atoms with Gasteiger partial charge in [0.05, 0.1) is 12.3 Å². The molecule has 1 aromatic rings. The van der Waals surface area contributed by atoms with Crippen LogP contribution in [-0.2, 0) is 19.6 Å². The number of aromatic nitrogens is 2. The summed E-state index contributed by atoms with van der Waals surface area (Å²) >= 11 is 0. The van der Waals surface area contributed by atoms with E-state index in [0.717, 1.165) is 24.2 Å². The first kappa shape index (κ1) is 8.27. The number of nitrogens with zero attached hydrogens (tertiary/aromatic N) is 2. The Bertz CT molecular complexity index is 208. The van der Waals surface area contributed by atoms with E-state index in [9.17, 15) is 0 Å². The van der Waals surface area contributed by atoms with E-state index in [-0.39, 0.29) is 6.61 Å². The molecule has 0 radical (unpaired) electrons. The SMILES string of the molecule is CCc1nn(CC)cc1CO. The lowest BCUT2D eigenvalue weighted by atomic mass is 10.2. The average Bonchev–Trinajstić information content (AvgIpc) is 2.46. The smallest absolute Gasteiger partial charge is 0.0715 e. The molecule has 1 rings (SSSR count). The summed E-state index contributed by atoms with van der Waals surface area (Å²) in [5, 5.41) is 13.2. The molecule has 0 aromatic carbocycles. The highest BCUT2D eigenvalue weighted by Crippen LogP contribution is 2.06. The fraction of sp³-hybridized carbons (Fsp3) is 0.625. The predicted octanol–water partition coefficient (Wildman–Crippen LogP) is 0.958. The fourth-order valence-corrected chi connectivity index (χ4v) is 1.09. The van der Waals surface area contributed by atoms with Gasteiger partial charge >= 0.3 is 0 Å². The first-order chi connectivity index (χ1) is 5.31. The van der Waals surface area contributed by atoms with Crippen molar-refractivity contribution in [1.82, 2.24) is 9.78 Å². The van der Waals surface area contributed by atoms with Crippen molar-refractivity contribution in [1.29, 1.82) is 0 Å². The third-order valence-corrected chi connectivity index (χ3v) is 1.75. The summed E-state index contributed by atoms with van der Waals surface area (Å²) in [6.07, 6.45) is 2.79. The molecule has 0 aliphatic heterocycles. The lowest BCUT2D eigenvalue weighted by Gasteiger charge is -1.91. The van der Waals surface area contributed by atoms with E-state index in [1.807, 2.05) is 24.7 Å². The lowest BCUT2D eigenvalue weighted by molar-refractivity contribution is 0.280. The third kappa shape index (κ3) is 1.60. The van der Waals surface area contributed by atoms with Crippen molar-refractivity contribution in [2.24, 2.45) is 0 Å². The van der Waals surface area contributed by atoms with Crippen LogP contribution in [-0.4, -0.2) is 14.9 Å². The maximum absolute atomic E-state index is 8.91. The molecule has 0 unspecified atom stereocenters. The zero-order valence-corrected chi connectivity index (χ0v) is 7.04. The third-order valence-electron chi connectivity index (χ3n) is 1.75. The minimum absolute atomic E-state index is 0.100. The molecule has 0 spiro atoms. The van der Waals surface area contributed by atoms with Crippen molar-refractivity contribution in [3.8, 4) is 0 Å². The monoisotopic (exact) mass is 154 g/mol. The molecule has 0 bridgehead atoms. The number of hydrogen-bond donors (Lipinski definition) is 1. The Morgan fingerprint density at radius 3 is 2.64 bits per heavy atom. The Morgan fingerprint density at radius 1 is 1.55 bits per heavy atom. The van der Waals surface area contributed by atoms with Gasteiger partial charge in [-0.15, -0.1) is 0 Å². The van der Waals surface area contributed by atoms with Crippen LogP contribution in [0.2, 0.25) is 0 Å². The Kier molecular flexibility index (Phi) is 2.65. The van der Waals surface area contributed by atoms with Crippen LogP contribution < -0.4 is 0 Å². The molecule has 0 fully saturated rings. The summed E-state index contributed by atoms with van der Waals surface area (Å²) in [4.78, 5) is 0. The maximum Gasteiger partial charge on any atom is 0.0715 e.